The van der Waals surface area contributed by atoms with Crippen molar-refractivity contribution in [3.8, 4) is 0 Å². The average Bonchev–Trinajstić information content (AvgIpc) is 2.88. The first-order valence-electron chi connectivity index (χ1n) is 6.36. The lowest BCUT2D eigenvalue weighted by Crippen LogP contribution is -2.10. The molecule has 0 bridgehead atoms. The van der Waals surface area contributed by atoms with Crippen molar-refractivity contribution in [1.82, 2.24) is 4.98 Å². The van der Waals surface area contributed by atoms with Gasteiger partial charge in [-0.15, -0.1) is 11.8 Å². The summed E-state index contributed by atoms with van der Waals surface area (Å²) in [6, 6.07) is 18.2. The summed E-state index contributed by atoms with van der Waals surface area (Å²) >= 11 is 1.75. The molecular formula is C16H15N3S. The number of nitrogens with one attached hydrogen (secondary N) is 2. The van der Waals surface area contributed by atoms with Crippen LogP contribution in [-0.4, -0.2) is 10.8 Å². The number of para-hydroxylation sites is 1. The molecule has 2 aromatic carbocycles. The number of nitrogen functional groups attached to an aromatic ring is 1. The van der Waals surface area contributed by atoms with Gasteiger partial charge in [-0.05, 0) is 23.8 Å². The van der Waals surface area contributed by atoms with Gasteiger partial charge in [0.2, 0.25) is 0 Å². The molecule has 0 aliphatic heterocycles. The Morgan fingerprint density at radius 1 is 1.10 bits per heavy atom. The molecule has 0 saturated heterocycles. The zero-order chi connectivity index (χ0) is 13.9. The Hall–Kier alpha value is -2.20. The predicted molar refractivity (Wildman–Crippen MR) is 85.3 cm³/mol. The Morgan fingerprint density at radius 2 is 1.95 bits per heavy atom. The molecule has 0 unspecified atom stereocenters. The summed E-state index contributed by atoms with van der Waals surface area (Å²) in [6.45, 7) is 0. The van der Waals surface area contributed by atoms with E-state index in [1.165, 1.54) is 10.9 Å². The van der Waals surface area contributed by atoms with Gasteiger partial charge in [-0.25, -0.2) is 0 Å². The second-order valence-electron chi connectivity index (χ2n) is 4.62. The molecule has 1 aromatic heterocycles. The first-order chi connectivity index (χ1) is 9.72. The fraction of sp³-hybridized carbons (Fsp3) is 0.0625. The quantitative estimate of drug-likeness (QED) is 0.387. The van der Waals surface area contributed by atoms with Crippen LogP contribution in [0, 0.1) is 5.41 Å². The van der Waals surface area contributed by atoms with Crippen LogP contribution in [0.25, 0.3) is 10.9 Å². The number of aromatic amines is 1. The summed E-state index contributed by atoms with van der Waals surface area (Å²) in [5.74, 6) is 0.968. The smallest absolute Gasteiger partial charge is 0.122 e. The fourth-order valence-corrected chi connectivity index (χ4v) is 3.01. The van der Waals surface area contributed by atoms with Gasteiger partial charge in [0.25, 0.3) is 0 Å². The van der Waals surface area contributed by atoms with Crippen molar-refractivity contribution >= 4 is 28.5 Å². The Kier molecular flexibility index (Phi) is 3.48. The molecule has 0 saturated carbocycles. The van der Waals surface area contributed by atoms with E-state index in [1.54, 1.807) is 11.8 Å². The first kappa shape index (κ1) is 12.8. The standard InChI is InChI=1S/C16H15N3S/c17-16(18)13-6-3-4-11(8-13)10-20-15-9-12-5-1-2-7-14(12)19-15/h1-9,19H,10H2,(H3,17,18). The van der Waals surface area contributed by atoms with E-state index >= 15 is 0 Å². The third-order valence-corrected chi connectivity index (χ3v) is 4.15. The third kappa shape index (κ3) is 2.70. The number of aromatic nitrogens is 1. The zero-order valence-electron chi connectivity index (χ0n) is 10.9. The molecule has 0 atom stereocenters. The van der Waals surface area contributed by atoms with Crippen molar-refractivity contribution in [3.05, 3.63) is 65.7 Å². The molecule has 4 heteroatoms. The topological polar surface area (TPSA) is 65.7 Å². The maximum atomic E-state index is 7.47. The van der Waals surface area contributed by atoms with Crippen molar-refractivity contribution in [2.24, 2.45) is 5.73 Å². The summed E-state index contributed by atoms with van der Waals surface area (Å²) in [7, 11) is 0. The molecule has 20 heavy (non-hydrogen) atoms. The van der Waals surface area contributed by atoms with E-state index < -0.39 is 0 Å². The molecule has 1 heterocycles. The van der Waals surface area contributed by atoms with E-state index in [4.69, 9.17) is 11.1 Å². The lowest BCUT2D eigenvalue weighted by molar-refractivity contribution is 1.23. The fourth-order valence-electron chi connectivity index (χ4n) is 2.11. The number of fused-ring (bicyclic) bond motifs is 1. The maximum Gasteiger partial charge on any atom is 0.122 e. The van der Waals surface area contributed by atoms with Gasteiger partial charge in [0.05, 0.1) is 5.03 Å². The molecule has 0 aliphatic rings. The number of rotatable bonds is 4. The van der Waals surface area contributed by atoms with Gasteiger partial charge < -0.3 is 10.7 Å². The van der Waals surface area contributed by atoms with Crippen LogP contribution in [0.4, 0.5) is 0 Å². The van der Waals surface area contributed by atoms with Crippen molar-refractivity contribution in [3.63, 3.8) is 0 Å². The number of hydrogen-bond acceptors (Lipinski definition) is 2. The second kappa shape index (κ2) is 5.43. The minimum absolute atomic E-state index is 0.113. The van der Waals surface area contributed by atoms with Gasteiger partial charge in [0.15, 0.2) is 0 Å². The molecule has 0 amide bonds. The molecule has 3 rings (SSSR count). The minimum Gasteiger partial charge on any atom is -0.384 e. The summed E-state index contributed by atoms with van der Waals surface area (Å²) in [5.41, 5.74) is 8.62. The highest BCUT2D eigenvalue weighted by atomic mass is 32.2. The highest BCUT2D eigenvalue weighted by Gasteiger charge is 2.03. The van der Waals surface area contributed by atoms with E-state index in [0.29, 0.717) is 0 Å². The summed E-state index contributed by atoms with van der Waals surface area (Å²) in [4.78, 5) is 3.40. The normalized spacial score (nSPS) is 10.8. The monoisotopic (exact) mass is 281 g/mol. The second-order valence-corrected chi connectivity index (χ2v) is 5.64. The number of hydrogen-bond donors (Lipinski definition) is 3. The number of thioether (sulfide) groups is 1. The lowest BCUT2D eigenvalue weighted by atomic mass is 10.1. The van der Waals surface area contributed by atoms with Gasteiger partial charge in [0.1, 0.15) is 5.84 Å². The van der Waals surface area contributed by atoms with Gasteiger partial charge in [-0.3, -0.25) is 5.41 Å². The number of benzene rings is 2. The van der Waals surface area contributed by atoms with E-state index in [-0.39, 0.29) is 5.84 Å². The summed E-state index contributed by atoms with van der Waals surface area (Å²) in [5, 5.41) is 9.85. The van der Waals surface area contributed by atoms with Crippen molar-refractivity contribution in [2.75, 3.05) is 0 Å². The SMILES string of the molecule is N=C(N)c1cccc(CSc2cc3ccccc3[nH]2)c1. The number of H-pyrrole nitrogens is 1. The summed E-state index contributed by atoms with van der Waals surface area (Å²) < 4.78 is 0. The molecule has 3 nitrogen and oxygen atoms in total. The van der Waals surface area contributed by atoms with Crippen LogP contribution >= 0.6 is 11.8 Å². The van der Waals surface area contributed by atoms with Crippen molar-refractivity contribution in [2.45, 2.75) is 10.8 Å². The minimum atomic E-state index is 0.113. The highest BCUT2D eigenvalue weighted by Crippen LogP contribution is 2.26. The molecule has 0 spiro atoms. The lowest BCUT2D eigenvalue weighted by Gasteiger charge is -2.03. The van der Waals surface area contributed by atoms with Crippen LogP contribution in [0.15, 0.2) is 59.6 Å². The van der Waals surface area contributed by atoms with E-state index in [0.717, 1.165) is 21.9 Å². The van der Waals surface area contributed by atoms with Crippen LogP contribution in [0.2, 0.25) is 0 Å². The van der Waals surface area contributed by atoms with Gasteiger partial charge in [-0.2, -0.15) is 0 Å². The van der Waals surface area contributed by atoms with E-state index in [2.05, 4.69) is 29.2 Å². The van der Waals surface area contributed by atoms with E-state index in [1.807, 2.05) is 30.3 Å². The van der Waals surface area contributed by atoms with Crippen LogP contribution in [0.5, 0.6) is 0 Å². The Bertz CT molecular complexity index is 728. The molecule has 100 valence electrons. The van der Waals surface area contributed by atoms with Crippen molar-refractivity contribution in [1.29, 1.82) is 5.41 Å². The molecule has 0 aliphatic carbocycles. The Morgan fingerprint density at radius 3 is 2.75 bits per heavy atom. The van der Waals surface area contributed by atoms with Gasteiger partial charge in [0, 0.05) is 22.2 Å². The van der Waals surface area contributed by atoms with Crippen LogP contribution in [0.3, 0.4) is 0 Å². The van der Waals surface area contributed by atoms with Crippen LogP contribution in [-0.2, 0) is 5.75 Å². The Balaban J connectivity index is 1.75. The van der Waals surface area contributed by atoms with Crippen molar-refractivity contribution < 1.29 is 0 Å². The van der Waals surface area contributed by atoms with Gasteiger partial charge >= 0.3 is 0 Å². The Labute approximate surface area is 121 Å². The van der Waals surface area contributed by atoms with E-state index in [9.17, 15) is 0 Å². The predicted octanol–water partition coefficient (Wildman–Crippen LogP) is 3.74. The van der Waals surface area contributed by atoms with Crippen LogP contribution in [0.1, 0.15) is 11.1 Å². The molecule has 0 fully saturated rings. The first-order valence-corrected chi connectivity index (χ1v) is 7.35. The molecule has 4 N–H and O–H groups in total. The number of nitrogens with two attached hydrogens (primary N) is 1. The average molecular weight is 281 g/mol. The zero-order valence-corrected chi connectivity index (χ0v) is 11.7. The highest BCUT2D eigenvalue weighted by molar-refractivity contribution is 7.98. The van der Waals surface area contributed by atoms with Gasteiger partial charge in [-0.1, -0.05) is 36.4 Å². The molecular weight excluding hydrogens is 266 g/mol. The summed E-state index contributed by atoms with van der Waals surface area (Å²) in [6.07, 6.45) is 0. The number of amidine groups is 1. The van der Waals surface area contributed by atoms with Crippen LogP contribution < -0.4 is 5.73 Å². The maximum absolute atomic E-state index is 7.47. The molecule has 0 radical (unpaired) electrons. The largest absolute Gasteiger partial charge is 0.384 e. The molecule has 3 aromatic rings. The third-order valence-electron chi connectivity index (χ3n) is 3.14.